The summed E-state index contributed by atoms with van der Waals surface area (Å²) in [5, 5.41) is 2.65. The van der Waals surface area contributed by atoms with Crippen LogP contribution >= 0.6 is 11.8 Å². The number of thioether (sulfide) groups is 1. The van der Waals surface area contributed by atoms with Crippen LogP contribution in [0.15, 0.2) is 18.2 Å². The Bertz CT molecular complexity index is 508. The van der Waals surface area contributed by atoms with Gasteiger partial charge in [0.15, 0.2) is 0 Å². The number of nitrogens with two attached hydrogens (primary N) is 1. The molecule has 1 aromatic carbocycles. The highest BCUT2D eigenvalue weighted by atomic mass is 32.2. The van der Waals surface area contributed by atoms with Crippen LogP contribution in [0.1, 0.15) is 16.8 Å². The number of nitrogens with one attached hydrogen (secondary N) is 1. The van der Waals surface area contributed by atoms with Gasteiger partial charge in [0.1, 0.15) is 11.8 Å². The average Bonchev–Trinajstić information content (AvgIpc) is 2.50. The number of hydrogen-bond donors (Lipinski definition) is 2. The third-order valence-electron chi connectivity index (χ3n) is 2.91. The highest BCUT2D eigenvalue weighted by Crippen LogP contribution is 2.19. The smallest absolute Gasteiger partial charge is 0.328 e. The lowest BCUT2D eigenvalue weighted by Gasteiger charge is -2.17. The number of carbonyl (C=O) groups excluding carboxylic acids is 2. The van der Waals surface area contributed by atoms with Crippen molar-refractivity contribution in [2.45, 2.75) is 12.5 Å². The Hall–Kier alpha value is -1.89. The van der Waals surface area contributed by atoms with E-state index in [9.17, 15) is 9.59 Å². The molecule has 0 aliphatic carbocycles. The normalized spacial score (nSPS) is 11.6. The van der Waals surface area contributed by atoms with E-state index in [0.717, 1.165) is 5.75 Å². The maximum Gasteiger partial charge on any atom is 0.328 e. The minimum Gasteiger partial charge on any atom is -0.497 e. The van der Waals surface area contributed by atoms with E-state index in [1.165, 1.54) is 14.2 Å². The van der Waals surface area contributed by atoms with Crippen LogP contribution in [0.5, 0.6) is 5.75 Å². The molecule has 0 saturated heterocycles. The second-order valence-electron chi connectivity index (χ2n) is 4.28. The summed E-state index contributed by atoms with van der Waals surface area (Å²) in [7, 11) is 2.81. The van der Waals surface area contributed by atoms with Gasteiger partial charge >= 0.3 is 5.97 Å². The summed E-state index contributed by atoms with van der Waals surface area (Å²) in [5.41, 5.74) is 6.41. The molecule has 0 bridgehead atoms. The van der Waals surface area contributed by atoms with Crippen molar-refractivity contribution in [3.8, 4) is 5.75 Å². The topological polar surface area (TPSA) is 90.6 Å². The van der Waals surface area contributed by atoms with Crippen molar-refractivity contribution in [2.75, 3.05) is 32.0 Å². The molecule has 116 valence electrons. The minimum absolute atomic E-state index is 0.292. The second-order valence-corrected chi connectivity index (χ2v) is 5.27. The maximum absolute atomic E-state index is 12.2. The second kappa shape index (κ2) is 8.41. The molecule has 1 rings (SSSR count). The average molecular weight is 312 g/mol. The lowest BCUT2D eigenvalue weighted by Crippen LogP contribution is -2.42. The van der Waals surface area contributed by atoms with E-state index in [4.69, 9.17) is 15.2 Å². The predicted molar refractivity (Wildman–Crippen MR) is 83.7 cm³/mol. The van der Waals surface area contributed by atoms with Crippen molar-refractivity contribution in [2.24, 2.45) is 0 Å². The Morgan fingerprint density at radius 2 is 2.10 bits per heavy atom. The fourth-order valence-corrected chi connectivity index (χ4v) is 2.21. The third kappa shape index (κ3) is 4.86. The standard InChI is InChI=1S/C14H20N2O4S/c1-19-9-4-5-10(11(15)8-9)13(17)16-12(6-7-21-3)14(18)20-2/h4-5,8,12H,6-7,15H2,1-3H3,(H,16,17). The molecule has 1 amide bonds. The molecule has 7 heteroatoms. The molecule has 0 aliphatic heterocycles. The van der Waals surface area contributed by atoms with Crippen LogP contribution < -0.4 is 15.8 Å². The molecule has 1 unspecified atom stereocenters. The molecule has 0 spiro atoms. The summed E-state index contributed by atoms with van der Waals surface area (Å²) < 4.78 is 9.73. The highest BCUT2D eigenvalue weighted by molar-refractivity contribution is 7.98. The monoisotopic (exact) mass is 312 g/mol. The van der Waals surface area contributed by atoms with Crippen LogP contribution in [0.25, 0.3) is 0 Å². The van der Waals surface area contributed by atoms with Crippen molar-refractivity contribution in [1.82, 2.24) is 5.32 Å². The van der Waals surface area contributed by atoms with Gasteiger partial charge in [0.05, 0.1) is 19.8 Å². The van der Waals surface area contributed by atoms with Gasteiger partial charge in [-0.25, -0.2) is 4.79 Å². The molecular weight excluding hydrogens is 292 g/mol. The van der Waals surface area contributed by atoms with Gasteiger partial charge in [0.25, 0.3) is 5.91 Å². The summed E-state index contributed by atoms with van der Waals surface area (Å²) in [6.45, 7) is 0. The number of amides is 1. The van der Waals surface area contributed by atoms with E-state index in [1.807, 2.05) is 6.26 Å². The van der Waals surface area contributed by atoms with Gasteiger partial charge in [-0.05, 0) is 30.6 Å². The van der Waals surface area contributed by atoms with Crippen molar-refractivity contribution >= 4 is 29.3 Å². The molecule has 6 nitrogen and oxygen atoms in total. The Kier molecular flexibility index (Phi) is 6.87. The molecule has 0 aromatic heterocycles. The number of rotatable bonds is 7. The molecule has 0 saturated carbocycles. The van der Waals surface area contributed by atoms with Gasteiger partial charge in [-0.3, -0.25) is 4.79 Å². The van der Waals surface area contributed by atoms with Crippen molar-refractivity contribution in [3.63, 3.8) is 0 Å². The fourth-order valence-electron chi connectivity index (χ4n) is 1.74. The molecule has 1 aromatic rings. The summed E-state index contributed by atoms with van der Waals surface area (Å²) in [6.07, 6.45) is 2.42. The van der Waals surface area contributed by atoms with Crippen molar-refractivity contribution in [1.29, 1.82) is 0 Å². The van der Waals surface area contributed by atoms with Gasteiger partial charge in [-0.15, -0.1) is 0 Å². The molecule has 1 atom stereocenters. The molecule has 0 radical (unpaired) electrons. The third-order valence-corrected chi connectivity index (χ3v) is 3.55. The van der Waals surface area contributed by atoms with Crippen LogP contribution in [0.4, 0.5) is 5.69 Å². The largest absolute Gasteiger partial charge is 0.497 e. The van der Waals surface area contributed by atoms with Crippen LogP contribution in [-0.4, -0.2) is 44.1 Å². The summed E-state index contributed by atoms with van der Waals surface area (Å²) in [6, 6.07) is 4.08. The van der Waals surface area contributed by atoms with E-state index in [0.29, 0.717) is 23.4 Å². The molecule has 0 aliphatic rings. The number of hydrogen-bond acceptors (Lipinski definition) is 6. The number of methoxy groups -OCH3 is 2. The van der Waals surface area contributed by atoms with Crippen molar-refractivity contribution in [3.05, 3.63) is 23.8 Å². The highest BCUT2D eigenvalue weighted by Gasteiger charge is 2.22. The van der Waals surface area contributed by atoms with Gasteiger partial charge in [-0.2, -0.15) is 11.8 Å². The number of nitrogen functional groups attached to an aromatic ring is 1. The quantitative estimate of drug-likeness (QED) is 0.582. The fraction of sp³-hybridized carbons (Fsp3) is 0.429. The first kappa shape index (κ1) is 17.2. The number of esters is 1. The van der Waals surface area contributed by atoms with Crippen LogP contribution in [0.2, 0.25) is 0 Å². The first-order valence-corrected chi connectivity index (χ1v) is 7.74. The molecule has 3 N–H and O–H groups in total. The van der Waals surface area contributed by atoms with E-state index >= 15 is 0 Å². The van der Waals surface area contributed by atoms with Crippen molar-refractivity contribution < 1.29 is 19.1 Å². The Morgan fingerprint density at radius 1 is 1.38 bits per heavy atom. The maximum atomic E-state index is 12.2. The van der Waals surface area contributed by atoms with Crippen LogP contribution in [0, 0.1) is 0 Å². The first-order chi connectivity index (χ1) is 10.0. The zero-order valence-corrected chi connectivity index (χ0v) is 13.2. The molecule has 0 heterocycles. The number of anilines is 1. The minimum atomic E-state index is -0.684. The van der Waals surface area contributed by atoms with Gasteiger partial charge in [0.2, 0.25) is 0 Å². The van der Waals surface area contributed by atoms with Crippen LogP contribution in [-0.2, 0) is 9.53 Å². The summed E-state index contributed by atoms with van der Waals surface area (Å²) in [5.74, 6) is 0.421. The van der Waals surface area contributed by atoms with E-state index in [-0.39, 0.29) is 0 Å². The van der Waals surface area contributed by atoms with E-state index in [1.54, 1.807) is 30.0 Å². The lowest BCUT2D eigenvalue weighted by molar-refractivity contribution is -0.142. The van der Waals surface area contributed by atoms with Gasteiger partial charge < -0.3 is 20.5 Å². The Balaban J connectivity index is 2.83. The zero-order chi connectivity index (χ0) is 15.8. The number of carbonyl (C=O) groups is 2. The molecular formula is C14H20N2O4S. The van der Waals surface area contributed by atoms with E-state index < -0.39 is 17.9 Å². The lowest BCUT2D eigenvalue weighted by atomic mass is 10.1. The SMILES string of the molecule is COC(=O)C(CCSC)NC(=O)c1ccc(OC)cc1N. The Morgan fingerprint density at radius 3 is 2.62 bits per heavy atom. The number of ether oxygens (including phenoxy) is 2. The Labute approximate surface area is 128 Å². The predicted octanol–water partition coefficient (Wildman–Crippen LogP) is 1.30. The zero-order valence-electron chi connectivity index (χ0n) is 12.3. The van der Waals surface area contributed by atoms with E-state index in [2.05, 4.69) is 5.32 Å². The van der Waals surface area contributed by atoms with Crippen LogP contribution in [0.3, 0.4) is 0 Å². The number of benzene rings is 1. The summed E-state index contributed by atoms with van der Waals surface area (Å²) >= 11 is 1.59. The molecule has 21 heavy (non-hydrogen) atoms. The first-order valence-electron chi connectivity index (χ1n) is 6.34. The summed E-state index contributed by atoms with van der Waals surface area (Å²) in [4.78, 5) is 23.9. The van der Waals surface area contributed by atoms with Gasteiger partial charge in [0, 0.05) is 11.8 Å². The molecule has 0 fully saturated rings. The van der Waals surface area contributed by atoms with Gasteiger partial charge in [-0.1, -0.05) is 0 Å².